The van der Waals surface area contributed by atoms with Crippen molar-refractivity contribution in [2.45, 2.75) is 26.9 Å². The van der Waals surface area contributed by atoms with Gasteiger partial charge in [0.05, 0.1) is 0 Å². The van der Waals surface area contributed by atoms with E-state index in [2.05, 4.69) is 121 Å². The van der Waals surface area contributed by atoms with Crippen LogP contribution >= 0.6 is 0 Å². The topological polar surface area (TPSA) is 7.76 Å². The molecule has 0 bridgehead atoms. The van der Waals surface area contributed by atoms with Crippen LogP contribution in [0.2, 0.25) is 0 Å². The summed E-state index contributed by atoms with van der Waals surface area (Å²) in [6.07, 6.45) is 8.61. The zero-order chi connectivity index (χ0) is 19.3. The minimum atomic E-state index is 0. The number of rotatable bonds is 5. The molecule has 0 aliphatic carbocycles. The van der Waals surface area contributed by atoms with Gasteiger partial charge in [-0.1, -0.05) is 48.5 Å². The maximum atomic E-state index is 2.24. The van der Waals surface area contributed by atoms with E-state index >= 15 is 0 Å². The van der Waals surface area contributed by atoms with Crippen LogP contribution in [0, 0.1) is 13.8 Å². The van der Waals surface area contributed by atoms with Gasteiger partial charge in [0, 0.05) is 35.4 Å². The summed E-state index contributed by atoms with van der Waals surface area (Å²) in [5, 5.41) is 0. The highest BCUT2D eigenvalue weighted by molar-refractivity contribution is 5.70. The molecule has 154 valence electrons. The third-order valence-corrected chi connectivity index (χ3v) is 5.15. The first-order chi connectivity index (χ1) is 13.7. The smallest absolute Gasteiger partial charge is 0.174 e. The molecule has 0 saturated heterocycles. The highest BCUT2D eigenvalue weighted by atomic mass is 79.9. The number of benzene rings is 2. The van der Waals surface area contributed by atoms with E-state index in [0.717, 1.165) is 13.1 Å². The molecule has 2 heterocycles. The lowest BCUT2D eigenvalue weighted by molar-refractivity contribution is -0.688. The molecule has 0 spiro atoms. The third-order valence-electron chi connectivity index (χ3n) is 5.15. The molecule has 0 radical (unpaired) electrons. The normalized spacial score (nSPS) is 10.1. The maximum Gasteiger partial charge on any atom is 0.174 e. The van der Waals surface area contributed by atoms with Crippen LogP contribution in [-0.4, -0.2) is 0 Å². The van der Waals surface area contributed by atoms with Crippen LogP contribution in [0.4, 0.5) is 0 Å². The molecule has 4 rings (SSSR count). The molecule has 4 heteroatoms. The van der Waals surface area contributed by atoms with E-state index < -0.39 is 0 Å². The molecule has 0 saturated carbocycles. The molecule has 0 fully saturated rings. The van der Waals surface area contributed by atoms with Crippen molar-refractivity contribution in [3.63, 3.8) is 0 Å². The first-order valence-corrected chi connectivity index (χ1v) is 9.77. The Hall–Kier alpha value is -2.30. The van der Waals surface area contributed by atoms with Crippen molar-refractivity contribution in [2.75, 3.05) is 0 Å². The standard InChI is InChI=1S/C26H26N2.2BrH/c1-21-11-15-27(16-12-21)19-23-7-3-5-9-25(23)26-10-6-4-8-24(26)20-28-17-13-22(2)14-18-28;;/h3-18H,19-20H2,1-2H3;2*1H/q+2;;/p-2. The zero-order valence-electron chi connectivity index (χ0n) is 17.3. The minimum Gasteiger partial charge on any atom is -1.00 e. The highest BCUT2D eigenvalue weighted by Crippen LogP contribution is 2.27. The predicted octanol–water partition coefficient (Wildman–Crippen LogP) is -1.35. The molecule has 0 N–H and O–H groups in total. The lowest BCUT2D eigenvalue weighted by Gasteiger charge is -2.11. The Morgan fingerprint density at radius 2 is 0.833 bits per heavy atom. The number of nitrogens with zero attached hydrogens (tertiary/aromatic N) is 2. The van der Waals surface area contributed by atoms with Crippen LogP contribution in [0.1, 0.15) is 22.3 Å². The fourth-order valence-electron chi connectivity index (χ4n) is 3.51. The summed E-state index contributed by atoms with van der Waals surface area (Å²) in [5.74, 6) is 0. The van der Waals surface area contributed by atoms with Crippen molar-refractivity contribution in [1.29, 1.82) is 0 Å². The third kappa shape index (κ3) is 5.87. The summed E-state index contributed by atoms with van der Waals surface area (Å²) in [7, 11) is 0. The summed E-state index contributed by atoms with van der Waals surface area (Å²) in [5.41, 5.74) is 7.84. The lowest BCUT2D eigenvalue weighted by Crippen LogP contribution is -3.00. The fourth-order valence-corrected chi connectivity index (χ4v) is 3.51. The molecular weight excluding hydrogens is 500 g/mol. The molecule has 30 heavy (non-hydrogen) atoms. The largest absolute Gasteiger partial charge is 1.00 e. The van der Waals surface area contributed by atoms with E-state index in [0.29, 0.717) is 0 Å². The van der Waals surface area contributed by atoms with Crippen LogP contribution < -0.4 is 43.1 Å². The Balaban J connectivity index is 0.00000160. The number of pyridine rings is 2. The van der Waals surface area contributed by atoms with Crippen LogP contribution in [0.25, 0.3) is 11.1 Å². The van der Waals surface area contributed by atoms with Crippen molar-refractivity contribution < 1.29 is 43.1 Å². The van der Waals surface area contributed by atoms with Gasteiger partial charge in [0.2, 0.25) is 0 Å². The van der Waals surface area contributed by atoms with Crippen molar-refractivity contribution in [3.05, 3.63) is 120 Å². The number of aromatic nitrogens is 2. The van der Waals surface area contributed by atoms with Gasteiger partial charge in [0.25, 0.3) is 0 Å². The van der Waals surface area contributed by atoms with Gasteiger partial charge in [0.15, 0.2) is 37.9 Å². The first-order valence-electron chi connectivity index (χ1n) is 9.77. The highest BCUT2D eigenvalue weighted by Gasteiger charge is 2.14. The van der Waals surface area contributed by atoms with Crippen LogP contribution in [0.15, 0.2) is 97.6 Å². The quantitative estimate of drug-likeness (QED) is 0.285. The molecule has 2 aromatic heterocycles. The van der Waals surface area contributed by atoms with Crippen molar-refractivity contribution in [1.82, 2.24) is 0 Å². The number of hydrogen-bond donors (Lipinski definition) is 0. The van der Waals surface area contributed by atoms with Crippen LogP contribution in [0.3, 0.4) is 0 Å². The Morgan fingerprint density at radius 1 is 0.500 bits per heavy atom. The predicted molar refractivity (Wildman–Crippen MR) is 113 cm³/mol. The minimum absolute atomic E-state index is 0. The van der Waals surface area contributed by atoms with Crippen molar-refractivity contribution in [2.24, 2.45) is 0 Å². The van der Waals surface area contributed by atoms with Gasteiger partial charge in [-0.2, -0.15) is 0 Å². The second-order valence-electron chi connectivity index (χ2n) is 7.41. The van der Waals surface area contributed by atoms with Crippen LogP contribution in [-0.2, 0) is 13.1 Å². The summed E-state index contributed by atoms with van der Waals surface area (Å²) in [6, 6.07) is 26.1. The molecule has 2 aromatic carbocycles. The van der Waals surface area contributed by atoms with Crippen molar-refractivity contribution >= 4 is 0 Å². The summed E-state index contributed by atoms with van der Waals surface area (Å²) < 4.78 is 4.48. The van der Waals surface area contributed by atoms with E-state index in [1.165, 1.54) is 33.4 Å². The molecule has 0 atom stereocenters. The molecule has 0 unspecified atom stereocenters. The van der Waals surface area contributed by atoms with E-state index in [1.54, 1.807) is 0 Å². The van der Waals surface area contributed by atoms with Gasteiger partial charge in [-0.25, -0.2) is 9.13 Å². The van der Waals surface area contributed by atoms with Crippen LogP contribution in [0.5, 0.6) is 0 Å². The van der Waals surface area contributed by atoms with Gasteiger partial charge in [-0.3, -0.25) is 0 Å². The SMILES string of the molecule is Cc1cc[n+](Cc2ccccc2-c2ccccc2C[n+]2ccc(C)cc2)cc1.[Br-].[Br-]. The number of aryl methyl sites for hydroxylation is 2. The summed E-state index contributed by atoms with van der Waals surface area (Å²) in [4.78, 5) is 0. The molecular formula is C26H26Br2N2. The summed E-state index contributed by atoms with van der Waals surface area (Å²) >= 11 is 0. The Morgan fingerprint density at radius 3 is 1.20 bits per heavy atom. The van der Waals surface area contributed by atoms with Gasteiger partial charge >= 0.3 is 0 Å². The number of halogens is 2. The average molecular weight is 526 g/mol. The molecule has 0 amide bonds. The molecule has 0 aliphatic rings. The summed E-state index contributed by atoms with van der Waals surface area (Å²) in [6.45, 7) is 5.97. The van der Waals surface area contributed by atoms with Crippen molar-refractivity contribution in [3.8, 4) is 11.1 Å². The van der Waals surface area contributed by atoms with E-state index in [9.17, 15) is 0 Å². The van der Waals surface area contributed by atoms with E-state index in [-0.39, 0.29) is 34.0 Å². The second kappa shape index (κ2) is 11.2. The van der Waals surface area contributed by atoms with Gasteiger partial charge < -0.3 is 34.0 Å². The molecule has 2 nitrogen and oxygen atoms in total. The molecule has 0 aliphatic heterocycles. The number of hydrogen-bond acceptors (Lipinski definition) is 0. The Bertz CT molecular complexity index is 986. The van der Waals surface area contributed by atoms with Gasteiger partial charge in [-0.05, 0) is 36.1 Å². The van der Waals surface area contributed by atoms with E-state index in [4.69, 9.17) is 0 Å². The van der Waals surface area contributed by atoms with Gasteiger partial charge in [-0.15, -0.1) is 0 Å². The lowest BCUT2D eigenvalue weighted by atomic mass is 9.95. The maximum absolute atomic E-state index is 2.24. The molecule has 4 aromatic rings. The fraction of sp³-hybridized carbons (Fsp3) is 0.154. The first kappa shape index (κ1) is 24.0. The van der Waals surface area contributed by atoms with E-state index in [1.807, 2.05) is 0 Å². The second-order valence-corrected chi connectivity index (χ2v) is 7.41. The Kier molecular flexibility index (Phi) is 8.94. The zero-order valence-corrected chi connectivity index (χ0v) is 20.5. The Labute approximate surface area is 200 Å². The van der Waals surface area contributed by atoms with Gasteiger partial charge in [0.1, 0.15) is 0 Å². The average Bonchev–Trinajstić information content (AvgIpc) is 2.72. The monoisotopic (exact) mass is 524 g/mol.